The highest BCUT2D eigenvalue weighted by Gasteiger charge is 2.30. The number of phenolic OH excluding ortho intramolecular Hbond substituents is 1. The molecule has 0 saturated heterocycles. The Morgan fingerprint density at radius 1 is 1.26 bits per heavy atom. The third-order valence-corrected chi connectivity index (χ3v) is 6.89. The van der Waals surface area contributed by atoms with Crippen molar-refractivity contribution < 1.29 is 19.1 Å². The van der Waals surface area contributed by atoms with Gasteiger partial charge in [0.25, 0.3) is 0 Å². The van der Waals surface area contributed by atoms with Crippen LogP contribution in [0.2, 0.25) is 5.02 Å². The Bertz CT molecular complexity index is 1450. The number of pyridine rings is 2. The van der Waals surface area contributed by atoms with Crippen LogP contribution in [0.4, 0.5) is 15.9 Å². The maximum Gasteiger partial charge on any atom is 0.219 e. The van der Waals surface area contributed by atoms with Crippen LogP contribution in [0.25, 0.3) is 11.3 Å². The van der Waals surface area contributed by atoms with Crippen molar-refractivity contribution in [2.75, 3.05) is 25.0 Å². The summed E-state index contributed by atoms with van der Waals surface area (Å²) in [6.45, 7) is 12.4. The molecule has 1 unspecified atom stereocenters. The van der Waals surface area contributed by atoms with E-state index in [0.717, 1.165) is 0 Å². The number of halogens is 2. The molecule has 2 aromatic heterocycles. The first-order chi connectivity index (χ1) is 20.0. The second kappa shape index (κ2) is 14.0. The molecule has 0 bridgehead atoms. The van der Waals surface area contributed by atoms with Gasteiger partial charge in [-0.2, -0.15) is 0 Å². The van der Waals surface area contributed by atoms with Crippen LogP contribution in [0.15, 0.2) is 60.2 Å². The molecule has 2 amide bonds. The SMILES string of the molecule is C=CCCN(C(=NC)c1cc(Cl)c(-c2c(O)cccc2F)nc1N(C=O)c1cccnc1C(C)(C)C)C(C)CNC=O. The van der Waals surface area contributed by atoms with Gasteiger partial charge in [0.2, 0.25) is 12.8 Å². The van der Waals surface area contributed by atoms with Crippen LogP contribution in [0.3, 0.4) is 0 Å². The fourth-order valence-corrected chi connectivity index (χ4v) is 4.88. The van der Waals surface area contributed by atoms with Gasteiger partial charge in [-0.05, 0) is 43.7 Å². The van der Waals surface area contributed by atoms with Gasteiger partial charge < -0.3 is 15.3 Å². The largest absolute Gasteiger partial charge is 0.507 e. The first-order valence-electron chi connectivity index (χ1n) is 13.4. The molecule has 11 heteroatoms. The van der Waals surface area contributed by atoms with E-state index in [2.05, 4.69) is 21.9 Å². The van der Waals surface area contributed by atoms with Crippen LogP contribution >= 0.6 is 11.6 Å². The Morgan fingerprint density at radius 3 is 2.60 bits per heavy atom. The number of hydrogen-bond donors (Lipinski definition) is 2. The Hall–Kier alpha value is -4.31. The lowest BCUT2D eigenvalue weighted by Crippen LogP contribution is -2.45. The van der Waals surface area contributed by atoms with E-state index in [1.807, 2.05) is 32.6 Å². The molecule has 3 aromatic rings. The first-order valence-corrected chi connectivity index (χ1v) is 13.8. The zero-order chi connectivity index (χ0) is 31.0. The molecule has 222 valence electrons. The molecule has 3 rings (SSSR count). The van der Waals surface area contributed by atoms with Crippen LogP contribution in [0.5, 0.6) is 5.75 Å². The number of nitrogens with one attached hydrogen (secondary N) is 1. The van der Waals surface area contributed by atoms with Gasteiger partial charge in [-0.15, -0.1) is 6.58 Å². The monoisotopic (exact) mass is 594 g/mol. The third kappa shape index (κ3) is 6.94. The number of carbonyl (C=O) groups is 2. The van der Waals surface area contributed by atoms with E-state index >= 15 is 4.39 Å². The first kappa shape index (κ1) is 32.2. The molecule has 0 saturated carbocycles. The van der Waals surface area contributed by atoms with Crippen molar-refractivity contribution in [3.05, 3.63) is 77.3 Å². The topological polar surface area (TPSA) is 111 Å². The summed E-state index contributed by atoms with van der Waals surface area (Å²) in [5.41, 5.74) is 0.748. The van der Waals surface area contributed by atoms with Gasteiger partial charge in [0.1, 0.15) is 17.4 Å². The number of nitrogens with zero attached hydrogens (tertiary/aromatic N) is 5. The summed E-state index contributed by atoms with van der Waals surface area (Å²) in [5.74, 6) is -0.560. The Labute approximate surface area is 250 Å². The van der Waals surface area contributed by atoms with Gasteiger partial charge in [-0.3, -0.25) is 24.5 Å². The highest BCUT2D eigenvalue weighted by atomic mass is 35.5. The van der Waals surface area contributed by atoms with Gasteiger partial charge in [-0.1, -0.05) is 44.5 Å². The second-order valence-corrected chi connectivity index (χ2v) is 11.0. The zero-order valence-corrected chi connectivity index (χ0v) is 25.2. The number of anilines is 2. The van der Waals surface area contributed by atoms with Crippen molar-refractivity contribution in [3.63, 3.8) is 0 Å². The average molecular weight is 595 g/mol. The van der Waals surface area contributed by atoms with Gasteiger partial charge in [0, 0.05) is 37.8 Å². The molecule has 0 aliphatic rings. The van der Waals surface area contributed by atoms with Crippen LogP contribution < -0.4 is 10.2 Å². The maximum atomic E-state index is 15.1. The molecular weight excluding hydrogens is 559 g/mol. The summed E-state index contributed by atoms with van der Waals surface area (Å²) in [4.78, 5) is 41.1. The fourth-order valence-electron chi connectivity index (χ4n) is 4.64. The van der Waals surface area contributed by atoms with E-state index in [4.69, 9.17) is 16.6 Å². The number of hydrogen-bond acceptors (Lipinski definition) is 6. The molecule has 1 aromatic carbocycles. The molecule has 2 N–H and O–H groups in total. The average Bonchev–Trinajstić information content (AvgIpc) is 2.95. The van der Waals surface area contributed by atoms with Crippen molar-refractivity contribution in [2.45, 2.75) is 45.6 Å². The van der Waals surface area contributed by atoms with Crippen molar-refractivity contribution in [3.8, 4) is 17.0 Å². The molecule has 0 aliphatic heterocycles. The van der Waals surface area contributed by atoms with Crippen molar-refractivity contribution in [2.24, 2.45) is 4.99 Å². The smallest absolute Gasteiger partial charge is 0.219 e. The predicted octanol–water partition coefficient (Wildman–Crippen LogP) is 5.62. The number of amides is 2. The highest BCUT2D eigenvalue weighted by Crippen LogP contribution is 2.40. The molecule has 0 spiro atoms. The standard InChI is InChI=1S/C31H36ClFN6O3/c1-7-8-15-38(20(2)17-35-18-40)29(34-6)21-16-22(32)27(26-23(33)11-9-13-25(26)42)37-30(21)39(19-41)24-12-10-14-36-28(24)31(3,4)5/h7,9-14,16,18-20,42H,1,8,15,17H2,2-6H3,(H,35,40). The summed E-state index contributed by atoms with van der Waals surface area (Å²) in [5, 5.41) is 13.3. The van der Waals surface area contributed by atoms with Crippen LogP contribution in [-0.4, -0.2) is 64.8 Å². The lowest BCUT2D eigenvalue weighted by atomic mass is 9.90. The molecular formula is C31H36ClFN6O3. The van der Waals surface area contributed by atoms with E-state index in [1.165, 1.54) is 23.1 Å². The van der Waals surface area contributed by atoms with Gasteiger partial charge in [0.05, 0.1) is 33.2 Å². The molecule has 2 heterocycles. The molecule has 0 aliphatic carbocycles. The lowest BCUT2D eigenvalue weighted by molar-refractivity contribution is -0.109. The Balaban J connectivity index is 2.40. The van der Waals surface area contributed by atoms with E-state index in [9.17, 15) is 14.7 Å². The minimum Gasteiger partial charge on any atom is -0.507 e. The molecule has 9 nitrogen and oxygen atoms in total. The van der Waals surface area contributed by atoms with E-state index in [0.29, 0.717) is 55.1 Å². The molecule has 0 fully saturated rings. The van der Waals surface area contributed by atoms with E-state index in [-0.39, 0.29) is 33.9 Å². The number of aliphatic imine (C=N–C) groups is 1. The third-order valence-electron chi connectivity index (χ3n) is 6.60. The van der Waals surface area contributed by atoms with Crippen LogP contribution in [0, 0.1) is 5.82 Å². The Morgan fingerprint density at radius 2 is 2.00 bits per heavy atom. The summed E-state index contributed by atoms with van der Waals surface area (Å²) in [6, 6.07) is 8.67. The number of amidine groups is 1. The summed E-state index contributed by atoms with van der Waals surface area (Å²) >= 11 is 6.74. The van der Waals surface area contributed by atoms with Crippen LogP contribution in [0.1, 0.15) is 45.4 Å². The molecule has 42 heavy (non-hydrogen) atoms. The predicted molar refractivity (Wildman–Crippen MR) is 165 cm³/mol. The molecule has 1 atom stereocenters. The molecule has 0 radical (unpaired) electrons. The number of benzene rings is 1. The quantitative estimate of drug-likeness (QED) is 0.122. The lowest BCUT2D eigenvalue weighted by Gasteiger charge is -2.34. The Kier molecular flexibility index (Phi) is 10.8. The summed E-state index contributed by atoms with van der Waals surface area (Å²) < 4.78 is 15.1. The summed E-state index contributed by atoms with van der Waals surface area (Å²) in [7, 11) is 1.60. The summed E-state index contributed by atoms with van der Waals surface area (Å²) in [6.07, 6.45) is 5.23. The minimum absolute atomic E-state index is 0.0331. The number of rotatable bonds is 12. The van der Waals surface area contributed by atoms with E-state index in [1.54, 1.807) is 37.5 Å². The van der Waals surface area contributed by atoms with Gasteiger partial charge >= 0.3 is 0 Å². The van der Waals surface area contributed by atoms with Gasteiger partial charge in [0.15, 0.2) is 5.82 Å². The highest BCUT2D eigenvalue weighted by molar-refractivity contribution is 6.33. The fraction of sp³-hybridized carbons (Fsp3) is 0.323. The normalized spacial score (nSPS) is 12.4. The number of aromatic hydroxyl groups is 1. The number of carbonyl (C=O) groups excluding carboxylic acids is 2. The van der Waals surface area contributed by atoms with Crippen LogP contribution in [-0.2, 0) is 15.0 Å². The second-order valence-electron chi connectivity index (χ2n) is 10.6. The van der Waals surface area contributed by atoms with Crippen molar-refractivity contribution in [1.82, 2.24) is 20.2 Å². The van der Waals surface area contributed by atoms with Crippen molar-refractivity contribution in [1.29, 1.82) is 0 Å². The number of aromatic nitrogens is 2. The zero-order valence-electron chi connectivity index (χ0n) is 24.4. The minimum atomic E-state index is -0.733. The van der Waals surface area contributed by atoms with E-state index < -0.39 is 11.2 Å². The van der Waals surface area contributed by atoms with Crippen molar-refractivity contribution >= 4 is 41.8 Å². The number of phenols is 1. The maximum absolute atomic E-state index is 15.1. The van der Waals surface area contributed by atoms with Gasteiger partial charge in [-0.25, -0.2) is 9.37 Å².